The van der Waals surface area contributed by atoms with Crippen LogP contribution in [0.25, 0.3) is 0 Å². The lowest BCUT2D eigenvalue weighted by Crippen LogP contribution is -2.42. The third-order valence-electron chi connectivity index (χ3n) is 3.06. The van der Waals surface area contributed by atoms with Gasteiger partial charge in [-0.3, -0.25) is 9.69 Å². The Balaban J connectivity index is 2.64. The molecule has 0 aliphatic rings. The van der Waals surface area contributed by atoms with Crippen molar-refractivity contribution in [3.63, 3.8) is 0 Å². The van der Waals surface area contributed by atoms with Gasteiger partial charge in [0.15, 0.2) is 0 Å². The molecule has 0 aromatic heterocycles. The second-order valence-electron chi connectivity index (χ2n) is 4.69. The minimum absolute atomic E-state index is 0.0534. The largest absolute Gasteiger partial charge is 0.392 e. The van der Waals surface area contributed by atoms with Crippen LogP contribution in [0.2, 0.25) is 0 Å². The van der Waals surface area contributed by atoms with Gasteiger partial charge in [-0.2, -0.15) is 0 Å². The topological polar surface area (TPSA) is 52.6 Å². The van der Waals surface area contributed by atoms with Crippen LogP contribution in [0, 0.1) is 5.82 Å². The lowest BCUT2D eigenvalue weighted by molar-refractivity contribution is -0.125. The number of nitrogens with one attached hydrogen (secondary N) is 1. The Bertz CT molecular complexity index is 435. The third-order valence-corrected chi connectivity index (χ3v) is 3.06. The number of nitrogens with zero attached hydrogens (tertiary/aromatic N) is 1. The Morgan fingerprint density at radius 1 is 1.47 bits per heavy atom. The molecule has 5 heteroatoms. The minimum Gasteiger partial charge on any atom is -0.392 e. The summed E-state index contributed by atoms with van der Waals surface area (Å²) < 4.78 is 13.2. The highest BCUT2D eigenvalue weighted by molar-refractivity contribution is 5.81. The van der Waals surface area contributed by atoms with E-state index in [2.05, 4.69) is 5.32 Å². The quantitative estimate of drug-likeness (QED) is 0.817. The second kappa shape index (κ2) is 7.21. The van der Waals surface area contributed by atoms with Crippen LogP contribution in [-0.4, -0.2) is 36.1 Å². The van der Waals surface area contributed by atoms with Crippen LogP contribution in [0.15, 0.2) is 18.2 Å². The minimum atomic E-state index is -0.433. The van der Waals surface area contributed by atoms with Crippen molar-refractivity contribution in [2.75, 3.05) is 14.1 Å². The van der Waals surface area contributed by atoms with Gasteiger partial charge >= 0.3 is 0 Å². The van der Waals surface area contributed by atoms with Crippen LogP contribution < -0.4 is 5.32 Å². The van der Waals surface area contributed by atoms with E-state index in [4.69, 9.17) is 5.11 Å². The average molecular weight is 268 g/mol. The predicted octanol–water partition coefficient (Wildman–Crippen LogP) is 1.27. The third kappa shape index (κ3) is 4.29. The summed E-state index contributed by atoms with van der Waals surface area (Å²) in [6.07, 6.45) is 0.726. The molecule has 0 bridgehead atoms. The molecule has 0 saturated carbocycles. The number of carbonyl (C=O) groups is 1. The summed E-state index contributed by atoms with van der Waals surface area (Å²) in [4.78, 5) is 13.8. The van der Waals surface area contributed by atoms with Crippen LogP contribution in [0.4, 0.5) is 4.39 Å². The summed E-state index contributed by atoms with van der Waals surface area (Å²) in [6.45, 7) is 1.94. The molecular weight excluding hydrogens is 247 g/mol. The van der Waals surface area contributed by atoms with E-state index in [1.54, 1.807) is 12.1 Å². The van der Waals surface area contributed by atoms with Crippen molar-refractivity contribution in [3.8, 4) is 0 Å². The van der Waals surface area contributed by atoms with Crippen molar-refractivity contribution in [2.24, 2.45) is 0 Å². The number of benzene rings is 1. The molecule has 0 heterocycles. The molecule has 1 unspecified atom stereocenters. The van der Waals surface area contributed by atoms with Gasteiger partial charge in [0.1, 0.15) is 5.82 Å². The van der Waals surface area contributed by atoms with E-state index in [0.29, 0.717) is 6.54 Å². The normalized spacial score (nSPS) is 12.5. The summed E-state index contributed by atoms with van der Waals surface area (Å²) in [5.74, 6) is -0.486. The Morgan fingerprint density at radius 3 is 2.68 bits per heavy atom. The van der Waals surface area contributed by atoms with E-state index < -0.39 is 5.82 Å². The van der Waals surface area contributed by atoms with Gasteiger partial charge in [0, 0.05) is 12.1 Å². The van der Waals surface area contributed by atoms with E-state index in [0.717, 1.165) is 12.0 Å². The average Bonchev–Trinajstić information content (AvgIpc) is 2.38. The van der Waals surface area contributed by atoms with E-state index in [1.165, 1.54) is 6.07 Å². The fourth-order valence-electron chi connectivity index (χ4n) is 1.95. The fraction of sp³-hybridized carbons (Fsp3) is 0.500. The van der Waals surface area contributed by atoms with Crippen LogP contribution in [0.3, 0.4) is 0 Å². The zero-order chi connectivity index (χ0) is 14.4. The number of amides is 1. The second-order valence-corrected chi connectivity index (χ2v) is 4.69. The molecule has 0 spiro atoms. The number of hydrogen-bond donors (Lipinski definition) is 2. The van der Waals surface area contributed by atoms with Gasteiger partial charge in [0.2, 0.25) is 5.91 Å². The van der Waals surface area contributed by atoms with Crippen LogP contribution in [-0.2, 0) is 17.9 Å². The van der Waals surface area contributed by atoms with Gasteiger partial charge in [0.25, 0.3) is 0 Å². The lowest BCUT2D eigenvalue weighted by Gasteiger charge is -2.21. The number of hydrogen-bond acceptors (Lipinski definition) is 3. The first-order valence-corrected chi connectivity index (χ1v) is 6.31. The number of rotatable bonds is 6. The van der Waals surface area contributed by atoms with E-state index in [-0.39, 0.29) is 24.1 Å². The van der Waals surface area contributed by atoms with Gasteiger partial charge in [-0.25, -0.2) is 4.39 Å². The number of halogens is 1. The van der Waals surface area contributed by atoms with Crippen molar-refractivity contribution in [3.05, 3.63) is 35.1 Å². The maximum atomic E-state index is 13.2. The molecule has 1 atom stereocenters. The number of aliphatic hydroxyl groups is 1. The standard InChI is InChI=1S/C14H21FN2O2/c1-4-13(17(2)3)14(19)16-8-10-5-6-12(15)11(7-10)9-18/h5-7,13,18H,4,8-9H2,1-3H3,(H,16,19). The molecule has 19 heavy (non-hydrogen) atoms. The maximum Gasteiger partial charge on any atom is 0.237 e. The Labute approximate surface area is 113 Å². The molecule has 0 fully saturated rings. The monoisotopic (exact) mass is 268 g/mol. The fourth-order valence-corrected chi connectivity index (χ4v) is 1.95. The summed E-state index contributed by atoms with van der Waals surface area (Å²) in [6, 6.07) is 4.30. The highest BCUT2D eigenvalue weighted by atomic mass is 19.1. The predicted molar refractivity (Wildman–Crippen MR) is 71.9 cm³/mol. The van der Waals surface area contributed by atoms with Gasteiger partial charge in [-0.15, -0.1) is 0 Å². The van der Waals surface area contributed by atoms with Crippen molar-refractivity contribution in [2.45, 2.75) is 32.5 Å². The van der Waals surface area contributed by atoms with Crippen LogP contribution >= 0.6 is 0 Å². The summed E-state index contributed by atoms with van der Waals surface area (Å²) in [7, 11) is 3.71. The first-order chi connectivity index (χ1) is 8.99. The molecule has 0 aliphatic carbocycles. The van der Waals surface area contributed by atoms with E-state index >= 15 is 0 Å². The Kier molecular flexibility index (Phi) is 5.92. The molecular formula is C14H21FN2O2. The van der Waals surface area contributed by atoms with Gasteiger partial charge < -0.3 is 10.4 Å². The van der Waals surface area contributed by atoms with Gasteiger partial charge in [-0.1, -0.05) is 13.0 Å². The van der Waals surface area contributed by atoms with Gasteiger partial charge in [-0.05, 0) is 38.2 Å². The Morgan fingerprint density at radius 2 is 2.16 bits per heavy atom. The molecule has 106 valence electrons. The molecule has 0 saturated heterocycles. The van der Waals surface area contributed by atoms with Gasteiger partial charge in [0.05, 0.1) is 12.6 Å². The van der Waals surface area contributed by atoms with Crippen molar-refractivity contribution >= 4 is 5.91 Å². The van der Waals surface area contributed by atoms with Crippen LogP contribution in [0.5, 0.6) is 0 Å². The molecule has 1 amide bonds. The SMILES string of the molecule is CCC(C(=O)NCc1ccc(F)c(CO)c1)N(C)C. The smallest absolute Gasteiger partial charge is 0.237 e. The summed E-state index contributed by atoms with van der Waals surface area (Å²) in [5.41, 5.74) is 1.01. The molecule has 0 radical (unpaired) electrons. The molecule has 4 nitrogen and oxygen atoms in total. The van der Waals surface area contributed by atoms with E-state index in [1.807, 2.05) is 25.9 Å². The molecule has 2 N–H and O–H groups in total. The maximum absolute atomic E-state index is 13.2. The molecule has 1 aromatic carbocycles. The molecule has 1 rings (SSSR count). The van der Waals surface area contributed by atoms with Crippen molar-refractivity contribution in [1.29, 1.82) is 0 Å². The van der Waals surface area contributed by atoms with Crippen LogP contribution in [0.1, 0.15) is 24.5 Å². The number of aliphatic hydroxyl groups excluding tert-OH is 1. The zero-order valence-electron chi connectivity index (χ0n) is 11.6. The van der Waals surface area contributed by atoms with E-state index in [9.17, 15) is 9.18 Å². The van der Waals surface area contributed by atoms with Crippen molar-refractivity contribution in [1.82, 2.24) is 10.2 Å². The highest BCUT2D eigenvalue weighted by Gasteiger charge is 2.17. The highest BCUT2D eigenvalue weighted by Crippen LogP contribution is 2.10. The lowest BCUT2D eigenvalue weighted by atomic mass is 10.1. The number of carbonyl (C=O) groups excluding carboxylic acids is 1. The Hall–Kier alpha value is -1.46. The first-order valence-electron chi connectivity index (χ1n) is 6.31. The summed E-state index contributed by atoms with van der Waals surface area (Å²) >= 11 is 0. The molecule has 1 aromatic rings. The number of likely N-dealkylation sites (N-methyl/N-ethyl adjacent to an activating group) is 1. The zero-order valence-corrected chi connectivity index (χ0v) is 11.6. The van der Waals surface area contributed by atoms with Crippen molar-refractivity contribution < 1.29 is 14.3 Å². The summed E-state index contributed by atoms with van der Waals surface area (Å²) in [5, 5.41) is 11.8. The first kappa shape index (κ1) is 15.6. The molecule has 0 aliphatic heterocycles.